The fraction of sp³-hybridized carbons (Fsp3) is 0.167. The van der Waals surface area contributed by atoms with E-state index < -0.39 is 5.91 Å². The Morgan fingerprint density at radius 1 is 1.25 bits per heavy atom. The van der Waals surface area contributed by atoms with Crippen molar-refractivity contribution < 1.29 is 9.18 Å². The number of benzene rings is 1. The molecule has 1 amide bonds. The van der Waals surface area contributed by atoms with Crippen LogP contribution in [-0.4, -0.2) is 37.0 Å². The minimum atomic E-state index is -0.399. The van der Waals surface area contributed by atoms with Crippen LogP contribution in [0.4, 0.5) is 4.39 Å². The number of hydrogen-bond acceptors (Lipinski definition) is 6. The van der Waals surface area contributed by atoms with Gasteiger partial charge in [0, 0.05) is 13.1 Å². The van der Waals surface area contributed by atoms with E-state index in [-0.39, 0.29) is 30.2 Å². The first kappa shape index (κ1) is 18.0. The number of fused-ring (bicyclic) bond motifs is 1. The maximum atomic E-state index is 13.1. The number of halogens is 1. The molecule has 4 aromatic rings. The summed E-state index contributed by atoms with van der Waals surface area (Å²) in [7, 11) is 0. The lowest BCUT2D eigenvalue weighted by Crippen LogP contribution is -2.31. The van der Waals surface area contributed by atoms with Crippen LogP contribution >= 0.6 is 11.3 Å². The first-order valence-corrected chi connectivity index (χ1v) is 9.31. The Morgan fingerprint density at radius 3 is 2.82 bits per heavy atom. The van der Waals surface area contributed by atoms with Crippen LogP contribution in [0.15, 0.2) is 46.8 Å². The third-order valence-electron chi connectivity index (χ3n) is 4.25. The van der Waals surface area contributed by atoms with Crippen LogP contribution in [-0.2, 0) is 6.54 Å². The average molecular weight is 398 g/mol. The summed E-state index contributed by atoms with van der Waals surface area (Å²) < 4.78 is 16.6. The van der Waals surface area contributed by atoms with Gasteiger partial charge in [-0.15, -0.1) is 16.4 Å². The summed E-state index contributed by atoms with van der Waals surface area (Å²) in [6.45, 7) is 2.23. The van der Waals surface area contributed by atoms with Gasteiger partial charge in [0.15, 0.2) is 5.69 Å². The molecule has 0 radical (unpaired) electrons. The van der Waals surface area contributed by atoms with Gasteiger partial charge < -0.3 is 5.32 Å². The molecule has 28 heavy (non-hydrogen) atoms. The molecule has 3 heterocycles. The standard InChI is InChI=1S/C18H15FN6O2S/c1-11-15(22-23-25(11)13-4-2-12(19)3-5-13)17(26)20-7-8-24-10-21-14-6-9-28-16(14)18(24)27/h2-6,9-10H,7-8H2,1H3,(H,20,26). The zero-order valence-electron chi connectivity index (χ0n) is 14.8. The van der Waals surface area contributed by atoms with Crippen LogP contribution in [0.1, 0.15) is 16.2 Å². The predicted octanol–water partition coefficient (Wildman–Crippen LogP) is 1.92. The SMILES string of the molecule is Cc1c(C(=O)NCCn2cnc3ccsc3c2=O)nnn1-c1ccc(F)cc1. The molecule has 0 spiro atoms. The molecule has 0 saturated heterocycles. The van der Waals surface area contributed by atoms with Crippen LogP contribution in [0.3, 0.4) is 0 Å². The van der Waals surface area contributed by atoms with Crippen molar-refractivity contribution in [3.8, 4) is 5.69 Å². The van der Waals surface area contributed by atoms with Gasteiger partial charge in [-0.2, -0.15) is 0 Å². The highest BCUT2D eigenvalue weighted by atomic mass is 32.1. The molecule has 0 unspecified atom stereocenters. The number of carbonyl (C=O) groups is 1. The van der Waals surface area contributed by atoms with Gasteiger partial charge in [0.05, 0.1) is 23.2 Å². The van der Waals surface area contributed by atoms with Crippen molar-refractivity contribution in [2.45, 2.75) is 13.5 Å². The lowest BCUT2D eigenvalue weighted by molar-refractivity contribution is 0.0946. The number of nitrogens with one attached hydrogen (secondary N) is 1. The number of rotatable bonds is 5. The maximum absolute atomic E-state index is 13.1. The summed E-state index contributed by atoms with van der Waals surface area (Å²) in [5.74, 6) is -0.756. The van der Waals surface area contributed by atoms with E-state index in [2.05, 4.69) is 20.6 Å². The molecule has 8 nitrogen and oxygen atoms in total. The summed E-state index contributed by atoms with van der Waals surface area (Å²) in [6.07, 6.45) is 1.47. The lowest BCUT2D eigenvalue weighted by atomic mass is 10.3. The van der Waals surface area contributed by atoms with Gasteiger partial charge in [0.2, 0.25) is 0 Å². The van der Waals surface area contributed by atoms with E-state index in [9.17, 15) is 14.0 Å². The Bertz CT molecular complexity index is 1210. The molecule has 1 aromatic carbocycles. The van der Waals surface area contributed by atoms with Crippen molar-refractivity contribution >= 4 is 27.5 Å². The maximum Gasteiger partial charge on any atom is 0.273 e. The topological polar surface area (TPSA) is 94.7 Å². The van der Waals surface area contributed by atoms with Gasteiger partial charge in [-0.1, -0.05) is 5.21 Å². The summed E-state index contributed by atoms with van der Waals surface area (Å²) in [4.78, 5) is 29.0. The third-order valence-corrected chi connectivity index (χ3v) is 5.15. The van der Waals surface area contributed by atoms with Crippen molar-refractivity contribution in [2.24, 2.45) is 0 Å². The van der Waals surface area contributed by atoms with Gasteiger partial charge in [-0.05, 0) is 42.6 Å². The van der Waals surface area contributed by atoms with Crippen molar-refractivity contribution in [2.75, 3.05) is 6.54 Å². The minimum absolute atomic E-state index is 0.132. The molecule has 0 bridgehead atoms. The fourth-order valence-corrected chi connectivity index (χ4v) is 3.57. The smallest absolute Gasteiger partial charge is 0.273 e. The number of nitrogens with zero attached hydrogens (tertiary/aromatic N) is 5. The van der Waals surface area contributed by atoms with Crippen LogP contribution in [0.2, 0.25) is 0 Å². The molecule has 0 saturated carbocycles. The molecule has 0 fully saturated rings. The van der Waals surface area contributed by atoms with E-state index in [0.29, 0.717) is 21.6 Å². The largest absolute Gasteiger partial charge is 0.349 e. The molecule has 1 N–H and O–H groups in total. The van der Waals surface area contributed by atoms with Gasteiger partial charge in [0.25, 0.3) is 11.5 Å². The summed E-state index contributed by atoms with van der Waals surface area (Å²) in [6, 6.07) is 7.52. The molecule has 0 aliphatic heterocycles. The lowest BCUT2D eigenvalue weighted by Gasteiger charge is -2.07. The van der Waals surface area contributed by atoms with Crippen LogP contribution < -0.4 is 10.9 Å². The third kappa shape index (κ3) is 3.29. The molecule has 10 heteroatoms. The fourth-order valence-electron chi connectivity index (χ4n) is 2.78. The quantitative estimate of drug-likeness (QED) is 0.554. The van der Waals surface area contributed by atoms with Gasteiger partial charge in [0.1, 0.15) is 10.5 Å². The van der Waals surface area contributed by atoms with Crippen molar-refractivity contribution in [3.05, 3.63) is 69.6 Å². The van der Waals surface area contributed by atoms with Gasteiger partial charge in [-0.3, -0.25) is 14.2 Å². The van der Waals surface area contributed by atoms with Gasteiger partial charge in [-0.25, -0.2) is 14.1 Å². The normalized spacial score (nSPS) is 11.1. The number of aromatic nitrogens is 5. The van der Waals surface area contributed by atoms with E-state index >= 15 is 0 Å². The number of amides is 1. The molecule has 4 rings (SSSR count). The second kappa shape index (κ2) is 7.31. The minimum Gasteiger partial charge on any atom is -0.349 e. The summed E-state index contributed by atoms with van der Waals surface area (Å²) >= 11 is 1.34. The zero-order valence-corrected chi connectivity index (χ0v) is 15.6. The Hall–Kier alpha value is -3.40. The first-order chi connectivity index (χ1) is 13.5. The number of hydrogen-bond donors (Lipinski definition) is 1. The molecule has 142 valence electrons. The second-order valence-electron chi connectivity index (χ2n) is 6.05. The highest BCUT2D eigenvalue weighted by molar-refractivity contribution is 7.17. The summed E-state index contributed by atoms with van der Waals surface area (Å²) in [5, 5.41) is 12.4. The number of carbonyl (C=O) groups excluding carboxylic acids is 1. The first-order valence-electron chi connectivity index (χ1n) is 8.43. The Balaban J connectivity index is 1.44. The van der Waals surface area contributed by atoms with E-state index in [1.54, 1.807) is 25.1 Å². The zero-order chi connectivity index (χ0) is 19.7. The second-order valence-corrected chi connectivity index (χ2v) is 6.96. The van der Waals surface area contributed by atoms with E-state index in [0.717, 1.165) is 0 Å². The van der Waals surface area contributed by atoms with Crippen LogP contribution in [0.5, 0.6) is 0 Å². The molecule has 3 aromatic heterocycles. The average Bonchev–Trinajstić information content (AvgIpc) is 3.31. The summed E-state index contributed by atoms with van der Waals surface area (Å²) in [5.41, 5.74) is 1.84. The van der Waals surface area contributed by atoms with E-state index in [4.69, 9.17) is 0 Å². The number of thiophene rings is 1. The molecule has 0 aliphatic rings. The monoisotopic (exact) mass is 398 g/mol. The van der Waals surface area contributed by atoms with Crippen molar-refractivity contribution in [3.63, 3.8) is 0 Å². The Labute approximate surface area is 162 Å². The highest BCUT2D eigenvalue weighted by Crippen LogP contribution is 2.14. The van der Waals surface area contributed by atoms with E-state index in [1.807, 2.05) is 5.38 Å². The van der Waals surface area contributed by atoms with E-state index in [1.165, 1.54) is 39.0 Å². The Kier molecular flexibility index (Phi) is 4.70. The van der Waals surface area contributed by atoms with Crippen LogP contribution in [0, 0.1) is 12.7 Å². The molecule has 0 atom stereocenters. The highest BCUT2D eigenvalue weighted by Gasteiger charge is 2.17. The van der Waals surface area contributed by atoms with Crippen molar-refractivity contribution in [1.82, 2.24) is 29.9 Å². The van der Waals surface area contributed by atoms with Gasteiger partial charge >= 0.3 is 0 Å². The molecular weight excluding hydrogens is 383 g/mol. The molecule has 0 aliphatic carbocycles. The van der Waals surface area contributed by atoms with Crippen molar-refractivity contribution in [1.29, 1.82) is 0 Å². The Morgan fingerprint density at radius 2 is 2.04 bits per heavy atom. The predicted molar refractivity (Wildman–Crippen MR) is 102 cm³/mol. The van der Waals surface area contributed by atoms with Crippen LogP contribution in [0.25, 0.3) is 15.9 Å². The molecular formula is C18H15FN6O2S.